The maximum Gasteiger partial charge on any atom is 0.140 e. The molecular formula is C16H28N2O. The van der Waals surface area contributed by atoms with Crippen LogP contribution in [0.15, 0.2) is 12.1 Å². The lowest BCUT2D eigenvalue weighted by Gasteiger charge is -2.11. The van der Waals surface area contributed by atoms with Gasteiger partial charge in [-0.2, -0.15) is 0 Å². The maximum absolute atomic E-state index is 5.79. The summed E-state index contributed by atoms with van der Waals surface area (Å²) >= 11 is 0. The van der Waals surface area contributed by atoms with Crippen LogP contribution in [0.3, 0.4) is 0 Å². The molecule has 0 aromatic carbocycles. The van der Waals surface area contributed by atoms with Crippen LogP contribution in [0.2, 0.25) is 0 Å². The number of nitrogens with one attached hydrogen (secondary N) is 1. The lowest BCUT2D eigenvalue weighted by Crippen LogP contribution is -2.22. The van der Waals surface area contributed by atoms with Crippen molar-refractivity contribution in [2.75, 3.05) is 19.7 Å². The van der Waals surface area contributed by atoms with E-state index < -0.39 is 0 Å². The number of nitrogens with zero attached hydrogens (tertiary/aromatic N) is 1. The molecule has 19 heavy (non-hydrogen) atoms. The monoisotopic (exact) mass is 264 g/mol. The van der Waals surface area contributed by atoms with Crippen LogP contribution in [0, 0.1) is 12.8 Å². The van der Waals surface area contributed by atoms with Gasteiger partial charge < -0.3 is 10.1 Å². The van der Waals surface area contributed by atoms with Gasteiger partial charge in [-0.1, -0.05) is 20.8 Å². The fourth-order valence-electron chi connectivity index (χ4n) is 1.98. The second-order valence-electron chi connectivity index (χ2n) is 5.39. The highest BCUT2D eigenvalue weighted by Gasteiger charge is 2.03. The SMILES string of the molecule is CCc1nc(C)ccc1OCCNCCCC(C)C. The van der Waals surface area contributed by atoms with Crippen molar-refractivity contribution in [3.05, 3.63) is 23.5 Å². The van der Waals surface area contributed by atoms with E-state index in [0.717, 1.165) is 42.6 Å². The first kappa shape index (κ1) is 16.0. The van der Waals surface area contributed by atoms with Crippen molar-refractivity contribution in [3.8, 4) is 5.75 Å². The molecule has 108 valence electrons. The molecule has 0 bridgehead atoms. The Morgan fingerprint density at radius 3 is 2.74 bits per heavy atom. The first-order chi connectivity index (χ1) is 9.13. The molecule has 1 heterocycles. The topological polar surface area (TPSA) is 34.1 Å². The van der Waals surface area contributed by atoms with Crippen molar-refractivity contribution in [3.63, 3.8) is 0 Å². The zero-order chi connectivity index (χ0) is 14.1. The molecule has 1 rings (SSSR count). The maximum atomic E-state index is 5.79. The number of hydrogen-bond donors (Lipinski definition) is 1. The zero-order valence-electron chi connectivity index (χ0n) is 12.8. The molecule has 0 radical (unpaired) electrons. The Labute approximate surface area is 117 Å². The Hall–Kier alpha value is -1.09. The third kappa shape index (κ3) is 6.58. The highest BCUT2D eigenvalue weighted by atomic mass is 16.5. The third-order valence-electron chi connectivity index (χ3n) is 3.08. The lowest BCUT2D eigenvalue weighted by molar-refractivity contribution is 0.308. The average Bonchev–Trinajstić information content (AvgIpc) is 2.38. The van der Waals surface area contributed by atoms with E-state index in [4.69, 9.17) is 4.74 Å². The molecule has 0 fully saturated rings. The standard InChI is InChI=1S/C16H28N2O/c1-5-15-16(9-8-14(4)18-15)19-12-11-17-10-6-7-13(2)3/h8-9,13,17H,5-7,10-12H2,1-4H3. The summed E-state index contributed by atoms with van der Waals surface area (Å²) in [6, 6.07) is 4.03. The summed E-state index contributed by atoms with van der Waals surface area (Å²) < 4.78 is 5.79. The van der Waals surface area contributed by atoms with Crippen LogP contribution in [0.4, 0.5) is 0 Å². The molecule has 1 N–H and O–H groups in total. The molecule has 0 unspecified atom stereocenters. The number of ether oxygens (including phenoxy) is 1. The fourth-order valence-corrected chi connectivity index (χ4v) is 1.98. The van der Waals surface area contributed by atoms with Crippen LogP contribution in [0.1, 0.15) is 45.0 Å². The molecule has 1 aromatic heterocycles. The van der Waals surface area contributed by atoms with Crippen molar-refractivity contribution in [1.29, 1.82) is 0 Å². The lowest BCUT2D eigenvalue weighted by atomic mass is 10.1. The average molecular weight is 264 g/mol. The van der Waals surface area contributed by atoms with Gasteiger partial charge in [0.05, 0.1) is 5.69 Å². The van der Waals surface area contributed by atoms with Gasteiger partial charge in [-0.3, -0.25) is 4.98 Å². The van der Waals surface area contributed by atoms with Crippen LogP contribution in [-0.4, -0.2) is 24.7 Å². The van der Waals surface area contributed by atoms with Gasteiger partial charge in [0.2, 0.25) is 0 Å². The van der Waals surface area contributed by atoms with Crippen LogP contribution in [0.25, 0.3) is 0 Å². The number of pyridine rings is 1. The molecule has 0 aliphatic heterocycles. The van der Waals surface area contributed by atoms with E-state index in [1.54, 1.807) is 0 Å². The van der Waals surface area contributed by atoms with Crippen molar-refractivity contribution in [2.24, 2.45) is 5.92 Å². The largest absolute Gasteiger partial charge is 0.490 e. The van der Waals surface area contributed by atoms with Crippen molar-refractivity contribution in [1.82, 2.24) is 10.3 Å². The molecule has 1 aromatic rings. The molecular weight excluding hydrogens is 236 g/mol. The van der Waals surface area contributed by atoms with Gasteiger partial charge in [0.15, 0.2) is 0 Å². The number of rotatable bonds is 9. The van der Waals surface area contributed by atoms with E-state index >= 15 is 0 Å². The van der Waals surface area contributed by atoms with Gasteiger partial charge in [-0.15, -0.1) is 0 Å². The molecule has 0 spiro atoms. The Kier molecular flexibility index (Phi) is 7.49. The highest BCUT2D eigenvalue weighted by molar-refractivity contribution is 5.29. The summed E-state index contributed by atoms with van der Waals surface area (Å²) in [4.78, 5) is 4.49. The minimum absolute atomic E-state index is 0.708. The first-order valence-electron chi connectivity index (χ1n) is 7.43. The quantitative estimate of drug-likeness (QED) is 0.694. The van der Waals surface area contributed by atoms with Gasteiger partial charge >= 0.3 is 0 Å². The van der Waals surface area contributed by atoms with Gasteiger partial charge in [0, 0.05) is 12.2 Å². The summed E-state index contributed by atoms with van der Waals surface area (Å²) in [5.41, 5.74) is 2.11. The Balaban J connectivity index is 2.19. The van der Waals surface area contributed by atoms with E-state index in [1.807, 2.05) is 19.1 Å². The van der Waals surface area contributed by atoms with Gasteiger partial charge in [-0.05, 0) is 50.8 Å². The number of aryl methyl sites for hydroxylation is 2. The number of hydrogen-bond acceptors (Lipinski definition) is 3. The zero-order valence-corrected chi connectivity index (χ0v) is 12.8. The summed E-state index contributed by atoms with van der Waals surface area (Å²) in [5, 5.41) is 3.41. The molecule has 0 saturated heterocycles. The Morgan fingerprint density at radius 2 is 2.05 bits per heavy atom. The van der Waals surface area contributed by atoms with Crippen LogP contribution < -0.4 is 10.1 Å². The molecule has 3 heteroatoms. The Morgan fingerprint density at radius 1 is 1.26 bits per heavy atom. The number of aromatic nitrogens is 1. The van der Waals surface area contributed by atoms with Crippen LogP contribution >= 0.6 is 0 Å². The molecule has 0 amide bonds. The second kappa shape index (κ2) is 8.92. The fraction of sp³-hybridized carbons (Fsp3) is 0.688. The van der Waals surface area contributed by atoms with E-state index in [2.05, 4.69) is 31.1 Å². The second-order valence-corrected chi connectivity index (χ2v) is 5.39. The predicted octanol–water partition coefficient (Wildman–Crippen LogP) is 3.36. The molecule has 3 nitrogen and oxygen atoms in total. The van der Waals surface area contributed by atoms with Crippen molar-refractivity contribution < 1.29 is 4.74 Å². The normalized spacial score (nSPS) is 11.0. The van der Waals surface area contributed by atoms with Crippen molar-refractivity contribution >= 4 is 0 Å². The summed E-state index contributed by atoms with van der Waals surface area (Å²) in [7, 11) is 0. The predicted molar refractivity (Wildman–Crippen MR) is 80.8 cm³/mol. The smallest absolute Gasteiger partial charge is 0.140 e. The molecule has 0 saturated carbocycles. The van der Waals surface area contributed by atoms with E-state index in [-0.39, 0.29) is 0 Å². The molecule has 0 aliphatic carbocycles. The molecule has 0 atom stereocenters. The summed E-state index contributed by atoms with van der Waals surface area (Å²) in [5.74, 6) is 1.72. The van der Waals surface area contributed by atoms with Crippen LogP contribution in [-0.2, 0) is 6.42 Å². The first-order valence-corrected chi connectivity index (χ1v) is 7.43. The van der Waals surface area contributed by atoms with Gasteiger partial charge in [-0.25, -0.2) is 0 Å². The third-order valence-corrected chi connectivity index (χ3v) is 3.08. The Bertz CT molecular complexity index is 364. The van der Waals surface area contributed by atoms with E-state index in [1.165, 1.54) is 12.8 Å². The highest BCUT2D eigenvalue weighted by Crippen LogP contribution is 2.17. The van der Waals surface area contributed by atoms with Crippen molar-refractivity contribution in [2.45, 2.75) is 47.0 Å². The van der Waals surface area contributed by atoms with Crippen LogP contribution in [0.5, 0.6) is 5.75 Å². The summed E-state index contributed by atoms with van der Waals surface area (Å²) in [6.07, 6.45) is 3.44. The van der Waals surface area contributed by atoms with E-state index in [9.17, 15) is 0 Å². The van der Waals surface area contributed by atoms with E-state index in [0.29, 0.717) is 6.61 Å². The van der Waals surface area contributed by atoms with Gasteiger partial charge in [0.25, 0.3) is 0 Å². The summed E-state index contributed by atoms with van der Waals surface area (Å²) in [6.45, 7) is 11.3. The minimum atomic E-state index is 0.708. The molecule has 0 aliphatic rings. The minimum Gasteiger partial charge on any atom is -0.490 e. The van der Waals surface area contributed by atoms with Gasteiger partial charge in [0.1, 0.15) is 12.4 Å².